The predicted molar refractivity (Wildman–Crippen MR) is 78.0 cm³/mol. The lowest BCUT2D eigenvalue weighted by molar-refractivity contribution is 0.136. The van der Waals surface area contributed by atoms with E-state index in [-0.39, 0.29) is 0 Å². The van der Waals surface area contributed by atoms with Crippen molar-refractivity contribution in [2.75, 3.05) is 39.9 Å². The molecule has 0 heterocycles. The molecular weight excluding hydrogens is 224 g/mol. The van der Waals surface area contributed by atoms with Gasteiger partial charge in [0.05, 0.1) is 6.61 Å². The van der Waals surface area contributed by atoms with Crippen molar-refractivity contribution < 1.29 is 4.74 Å². The number of methoxy groups -OCH3 is 1. The van der Waals surface area contributed by atoms with Crippen molar-refractivity contribution in [2.24, 2.45) is 5.92 Å². The maximum atomic E-state index is 5.20. The lowest BCUT2D eigenvalue weighted by atomic mass is 9.97. The molecule has 0 aromatic rings. The Balaban J connectivity index is 2.41. The summed E-state index contributed by atoms with van der Waals surface area (Å²) in [4.78, 5) is 2.52. The van der Waals surface area contributed by atoms with Crippen molar-refractivity contribution >= 4 is 0 Å². The van der Waals surface area contributed by atoms with Crippen LogP contribution in [-0.4, -0.2) is 50.8 Å². The molecule has 0 saturated heterocycles. The molecule has 0 aromatic carbocycles. The molecule has 0 spiro atoms. The van der Waals surface area contributed by atoms with E-state index >= 15 is 0 Å². The molecule has 3 heteroatoms. The van der Waals surface area contributed by atoms with E-state index in [0.29, 0.717) is 6.04 Å². The van der Waals surface area contributed by atoms with E-state index in [1.165, 1.54) is 38.6 Å². The summed E-state index contributed by atoms with van der Waals surface area (Å²) in [5.41, 5.74) is 0. The Morgan fingerprint density at radius 1 is 1.28 bits per heavy atom. The molecule has 0 bridgehead atoms. The van der Waals surface area contributed by atoms with E-state index in [1.54, 1.807) is 7.11 Å². The Morgan fingerprint density at radius 3 is 2.56 bits per heavy atom. The second-order valence-corrected chi connectivity index (χ2v) is 5.49. The number of nitrogens with zero attached hydrogens (tertiary/aromatic N) is 1. The fourth-order valence-corrected chi connectivity index (χ4v) is 2.95. The summed E-state index contributed by atoms with van der Waals surface area (Å²) in [6.45, 7) is 9.87. The number of rotatable bonds is 10. The first-order valence-electron chi connectivity index (χ1n) is 7.76. The second-order valence-electron chi connectivity index (χ2n) is 5.49. The molecule has 1 aliphatic rings. The molecule has 1 rings (SSSR count). The Labute approximate surface area is 113 Å². The molecule has 1 atom stereocenters. The first-order valence-corrected chi connectivity index (χ1v) is 7.76. The summed E-state index contributed by atoms with van der Waals surface area (Å²) in [5.74, 6) is 0.896. The number of hydrogen-bond acceptors (Lipinski definition) is 3. The molecule has 1 fully saturated rings. The lowest BCUT2D eigenvalue weighted by Gasteiger charge is -2.31. The minimum absolute atomic E-state index is 0.684. The number of nitrogens with one attached hydrogen (secondary N) is 1. The van der Waals surface area contributed by atoms with Crippen LogP contribution in [0, 0.1) is 5.92 Å². The predicted octanol–water partition coefficient (Wildman–Crippen LogP) is 2.51. The molecule has 18 heavy (non-hydrogen) atoms. The maximum absolute atomic E-state index is 5.20. The van der Waals surface area contributed by atoms with Gasteiger partial charge < -0.3 is 10.1 Å². The number of ether oxygens (including phenoxy) is 1. The number of likely N-dealkylation sites (N-methyl/N-ethyl adjacent to an activating group) is 1. The fourth-order valence-electron chi connectivity index (χ4n) is 2.95. The van der Waals surface area contributed by atoms with E-state index in [1.807, 2.05) is 0 Å². The van der Waals surface area contributed by atoms with Crippen molar-refractivity contribution in [3.05, 3.63) is 0 Å². The van der Waals surface area contributed by atoms with E-state index < -0.39 is 0 Å². The van der Waals surface area contributed by atoms with Crippen LogP contribution in [0.3, 0.4) is 0 Å². The molecule has 0 aliphatic heterocycles. The molecule has 1 N–H and O–H groups in total. The largest absolute Gasteiger partial charge is 0.383 e. The van der Waals surface area contributed by atoms with Crippen molar-refractivity contribution in [3.8, 4) is 0 Å². The van der Waals surface area contributed by atoms with Gasteiger partial charge in [-0.2, -0.15) is 0 Å². The van der Waals surface area contributed by atoms with E-state index in [9.17, 15) is 0 Å². The molecule has 0 amide bonds. The quantitative estimate of drug-likeness (QED) is 0.650. The van der Waals surface area contributed by atoms with Crippen molar-refractivity contribution in [3.63, 3.8) is 0 Å². The SMILES string of the molecule is CCCNC(CN(CC)CCOC)C1CCCC1. The van der Waals surface area contributed by atoms with Crippen molar-refractivity contribution in [1.82, 2.24) is 10.2 Å². The molecule has 108 valence electrons. The lowest BCUT2D eigenvalue weighted by Crippen LogP contribution is -2.46. The van der Waals surface area contributed by atoms with Crippen LogP contribution >= 0.6 is 0 Å². The summed E-state index contributed by atoms with van der Waals surface area (Å²) in [7, 11) is 1.79. The molecule has 3 nitrogen and oxygen atoms in total. The van der Waals surface area contributed by atoms with E-state index in [0.717, 1.165) is 32.2 Å². The monoisotopic (exact) mass is 256 g/mol. The highest BCUT2D eigenvalue weighted by Crippen LogP contribution is 2.28. The summed E-state index contributed by atoms with van der Waals surface area (Å²) in [5, 5.41) is 3.77. The average molecular weight is 256 g/mol. The molecule has 0 aromatic heterocycles. The van der Waals surface area contributed by atoms with Gasteiger partial charge in [0.15, 0.2) is 0 Å². The zero-order chi connectivity index (χ0) is 13.2. The van der Waals surface area contributed by atoms with Crippen LogP contribution in [0.2, 0.25) is 0 Å². The highest BCUT2D eigenvalue weighted by atomic mass is 16.5. The Bertz CT molecular complexity index is 193. The average Bonchev–Trinajstić information content (AvgIpc) is 2.92. The van der Waals surface area contributed by atoms with Gasteiger partial charge in [-0.3, -0.25) is 4.90 Å². The van der Waals surface area contributed by atoms with Gasteiger partial charge in [-0.05, 0) is 38.3 Å². The summed E-state index contributed by atoms with van der Waals surface area (Å²) in [6, 6.07) is 0.684. The Kier molecular flexibility index (Phi) is 8.64. The highest BCUT2D eigenvalue weighted by molar-refractivity contribution is 4.83. The van der Waals surface area contributed by atoms with E-state index in [2.05, 4.69) is 24.1 Å². The third kappa shape index (κ3) is 5.68. The van der Waals surface area contributed by atoms with Gasteiger partial charge in [0.25, 0.3) is 0 Å². The molecule has 0 radical (unpaired) electrons. The van der Waals surface area contributed by atoms with Gasteiger partial charge in [0.2, 0.25) is 0 Å². The first-order chi connectivity index (χ1) is 8.81. The Morgan fingerprint density at radius 2 is 2.00 bits per heavy atom. The number of hydrogen-bond donors (Lipinski definition) is 1. The highest BCUT2D eigenvalue weighted by Gasteiger charge is 2.25. The third-order valence-electron chi connectivity index (χ3n) is 4.14. The zero-order valence-electron chi connectivity index (χ0n) is 12.6. The van der Waals surface area contributed by atoms with Crippen molar-refractivity contribution in [1.29, 1.82) is 0 Å². The van der Waals surface area contributed by atoms with Crippen molar-refractivity contribution in [2.45, 2.75) is 52.0 Å². The fraction of sp³-hybridized carbons (Fsp3) is 1.00. The summed E-state index contributed by atoms with van der Waals surface area (Å²) >= 11 is 0. The zero-order valence-corrected chi connectivity index (χ0v) is 12.6. The third-order valence-corrected chi connectivity index (χ3v) is 4.14. The second kappa shape index (κ2) is 9.76. The van der Waals surface area contributed by atoms with Gasteiger partial charge in [-0.15, -0.1) is 0 Å². The molecule has 1 unspecified atom stereocenters. The van der Waals surface area contributed by atoms with Gasteiger partial charge in [-0.25, -0.2) is 0 Å². The maximum Gasteiger partial charge on any atom is 0.0589 e. The van der Waals surface area contributed by atoms with Gasteiger partial charge in [-0.1, -0.05) is 26.7 Å². The van der Waals surface area contributed by atoms with Gasteiger partial charge >= 0.3 is 0 Å². The molecular formula is C15H32N2O. The van der Waals surface area contributed by atoms with Crippen LogP contribution in [0.5, 0.6) is 0 Å². The van der Waals surface area contributed by atoms with Crippen LogP contribution in [0.4, 0.5) is 0 Å². The minimum Gasteiger partial charge on any atom is -0.383 e. The first kappa shape index (κ1) is 15.9. The van der Waals surface area contributed by atoms with Gasteiger partial charge in [0.1, 0.15) is 0 Å². The smallest absolute Gasteiger partial charge is 0.0589 e. The van der Waals surface area contributed by atoms with Gasteiger partial charge in [0, 0.05) is 26.2 Å². The molecule has 1 saturated carbocycles. The Hall–Kier alpha value is -0.120. The van der Waals surface area contributed by atoms with Crippen LogP contribution in [0.25, 0.3) is 0 Å². The normalized spacial score (nSPS) is 18.7. The van der Waals surface area contributed by atoms with Crippen LogP contribution < -0.4 is 5.32 Å². The topological polar surface area (TPSA) is 24.5 Å². The summed E-state index contributed by atoms with van der Waals surface area (Å²) < 4.78 is 5.20. The van der Waals surface area contributed by atoms with Crippen LogP contribution in [0.1, 0.15) is 46.0 Å². The molecule has 1 aliphatic carbocycles. The minimum atomic E-state index is 0.684. The van der Waals surface area contributed by atoms with E-state index in [4.69, 9.17) is 4.74 Å². The standard InChI is InChI=1S/C15H32N2O/c1-4-10-16-15(14-8-6-7-9-14)13-17(5-2)11-12-18-3/h14-16H,4-13H2,1-3H3. The van der Waals surface area contributed by atoms with Crippen LogP contribution in [0.15, 0.2) is 0 Å². The van der Waals surface area contributed by atoms with Crippen LogP contribution in [-0.2, 0) is 4.74 Å². The summed E-state index contributed by atoms with van der Waals surface area (Å²) in [6.07, 6.45) is 6.93.